The normalized spacial score (nSPS) is 10.2. The summed E-state index contributed by atoms with van der Waals surface area (Å²) in [5, 5.41) is 0. The summed E-state index contributed by atoms with van der Waals surface area (Å²) in [6.07, 6.45) is 5.03. The second-order valence-electron chi connectivity index (χ2n) is 4.35. The van der Waals surface area contributed by atoms with Crippen LogP contribution in [-0.4, -0.2) is 36.2 Å². The molecule has 0 saturated heterocycles. The Morgan fingerprint density at radius 2 is 2.26 bits per heavy atom. The Bertz CT molecular complexity index is 535. The summed E-state index contributed by atoms with van der Waals surface area (Å²) in [5.74, 6) is 0.742. The van der Waals surface area contributed by atoms with E-state index in [1.807, 2.05) is 43.3 Å². The highest BCUT2D eigenvalue weighted by Crippen LogP contribution is 2.19. The number of aromatic nitrogens is 2. The maximum absolute atomic E-state index is 11.7. The van der Waals surface area contributed by atoms with Crippen molar-refractivity contribution in [1.29, 1.82) is 0 Å². The molecule has 2 aromatic rings. The largest absolute Gasteiger partial charge is 0.493 e. The van der Waals surface area contributed by atoms with Gasteiger partial charge in [0.1, 0.15) is 12.1 Å². The predicted molar refractivity (Wildman–Crippen MR) is 73.7 cm³/mol. The minimum absolute atomic E-state index is 0.0266. The molecule has 5 heteroatoms. The zero-order valence-corrected chi connectivity index (χ0v) is 11.1. The van der Waals surface area contributed by atoms with E-state index in [4.69, 9.17) is 4.74 Å². The Balaban J connectivity index is 1.86. The first-order chi connectivity index (χ1) is 9.16. The molecule has 0 saturated carbocycles. The van der Waals surface area contributed by atoms with Crippen molar-refractivity contribution in [3.63, 3.8) is 0 Å². The van der Waals surface area contributed by atoms with Gasteiger partial charge in [-0.2, -0.15) is 0 Å². The van der Waals surface area contributed by atoms with Crippen molar-refractivity contribution in [2.45, 2.75) is 6.42 Å². The average Bonchev–Trinajstić information content (AvgIpc) is 2.93. The molecule has 1 aromatic carbocycles. The molecule has 0 amide bonds. The van der Waals surface area contributed by atoms with Crippen LogP contribution in [0.5, 0.6) is 5.75 Å². The lowest BCUT2D eigenvalue weighted by molar-refractivity contribution is 0.0881. The summed E-state index contributed by atoms with van der Waals surface area (Å²) in [7, 11) is 3.95. The molecule has 2 rings (SSSR count). The number of imidazole rings is 1. The number of nitrogens with zero attached hydrogens (tertiary/aromatic N) is 3. The summed E-state index contributed by atoms with van der Waals surface area (Å²) in [6.45, 7) is 0.355. The van der Waals surface area contributed by atoms with E-state index in [9.17, 15) is 4.79 Å². The van der Waals surface area contributed by atoms with Gasteiger partial charge in [-0.15, -0.1) is 0 Å². The highest BCUT2D eigenvalue weighted by Gasteiger charge is 2.04. The van der Waals surface area contributed by atoms with Gasteiger partial charge in [0.15, 0.2) is 0 Å². The van der Waals surface area contributed by atoms with E-state index in [1.165, 1.54) is 10.9 Å². The number of benzene rings is 1. The third kappa shape index (κ3) is 3.58. The van der Waals surface area contributed by atoms with Gasteiger partial charge in [0, 0.05) is 38.2 Å². The van der Waals surface area contributed by atoms with Crippen molar-refractivity contribution in [2.75, 3.05) is 25.6 Å². The van der Waals surface area contributed by atoms with E-state index >= 15 is 0 Å². The van der Waals surface area contributed by atoms with Crippen LogP contribution in [0.2, 0.25) is 0 Å². The minimum atomic E-state index is -0.0266. The molecule has 5 nitrogen and oxygen atoms in total. The van der Waals surface area contributed by atoms with Crippen LogP contribution in [0.4, 0.5) is 5.69 Å². The summed E-state index contributed by atoms with van der Waals surface area (Å²) in [5.41, 5.74) is 1.07. The number of carbonyl (C=O) groups excluding carboxylic acids is 1. The van der Waals surface area contributed by atoms with E-state index in [1.54, 1.807) is 12.4 Å². The highest BCUT2D eigenvalue weighted by atomic mass is 16.5. The fraction of sp³-hybridized carbons (Fsp3) is 0.286. The number of hydrogen-bond donors (Lipinski definition) is 0. The van der Waals surface area contributed by atoms with E-state index < -0.39 is 0 Å². The van der Waals surface area contributed by atoms with Crippen LogP contribution in [-0.2, 0) is 0 Å². The topological polar surface area (TPSA) is 47.4 Å². The van der Waals surface area contributed by atoms with Crippen LogP contribution in [0.1, 0.15) is 11.2 Å². The first-order valence-electron chi connectivity index (χ1n) is 6.08. The number of hydrogen-bond acceptors (Lipinski definition) is 4. The maximum atomic E-state index is 11.7. The Kier molecular flexibility index (Phi) is 4.18. The third-order valence-corrected chi connectivity index (χ3v) is 2.71. The van der Waals surface area contributed by atoms with Crippen LogP contribution < -0.4 is 9.64 Å². The predicted octanol–water partition coefficient (Wildman–Crippen LogP) is 2.06. The molecule has 100 valence electrons. The zero-order chi connectivity index (χ0) is 13.7. The summed E-state index contributed by atoms with van der Waals surface area (Å²) in [4.78, 5) is 17.5. The maximum Gasteiger partial charge on any atom is 0.235 e. The fourth-order valence-electron chi connectivity index (χ4n) is 1.64. The molecule has 19 heavy (non-hydrogen) atoms. The molecule has 0 aliphatic rings. The fourth-order valence-corrected chi connectivity index (χ4v) is 1.64. The number of anilines is 1. The second kappa shape index (κ2) is 6.04. The molecule has 0 N–H and O–H groups in total. The SMILES string of the molecule is CN(C)c1cccc(OCCC(=O)n2ccnc2)c1. The number of ether oxygens (including phenoxy) is 1. The van der Waals surface area contributed by atoms with E-state index in [0.717, 1.165) is 11.4 Å². The lowest BCUT2D eigenvalue weighted by Gasteiger charge is -2.14. The second-order valence-corrected chi connectivity index (χ2v) is 4.35. The molecule has 0 spiro atoms. The molecule has 1 heterocycles. The van der Waals surface area contributed by atoms with Gasteiger partial charge >= 0.3 is 0 Å². The van der Waals surface area contributed by atoms with Gasteiger partial charge < -0.3 is 9.64 Å². The van der Waals surface area contributed by atoms with Gasteiger partial charge in [0.2, 0.25) is 5.91 Å². The van der Waals surface area contributed by atoms with Crippen molar-refractivity contribution in [3.8, 4) is 5.75 Å². The molecule has 0 fully saturated rings. The zero-order valence-electron chi connectivity index (χ0n) is 11.1. The van der Waals surface area contributed by atoms with Crippen LogP contribution in [0.15, 0.2) is 43.0 Å². The van der Waals surface area contributed by atoms with Gasteiger partial charge in [0.05, 0.1) is 13.0 Å². The van der Waals surface area contributed by atoms with Crippen molar-refractivity contribution in [1.82, 2.24) is 9.55 Å². The van der Waals surface area contributed by atoms with Crippen molar-refractivity contribution >= 4 is 11.6 Å². The molecule has 0 aliphatic heterocycles. The van der Waals surface area contributed by atoms with Crippen LogP contribution in [0.25, 0.3) is 0 Å². The van der Waals surface area contributed by atoms with Crippen molar-refractivity contribution in [2.24, 2.45) is 0 Å². The van der Waals surface area contributed by atoms with Gasteiger partial charge in [-0.05, 0) is 12.1 Å². The van der Waals surface area contributed by atoms with E-state index in [0.29, 0.717) is 13.0 Å². The molecule has 0 bridgehead atoms. The van der Waals surface area contributed by atoms with Gasteiger partial charge in [-0.1, -0.05) is 6.07 Å². The Hall–Kier alpha value is -2.30. The number of carbonyl (C=O) groups is 1. The highest BCUT2D eigenvalue weighted by molar-refractivity contribution is 5.78. The first-order valence-corrected chi connectivity index (χ1v) is 6.08. The van der Waals surface area contributed by atoms with Crippen LogP contribution in [0.3, 0.4) is 0 Å². The van der Waals surface area contributed by atoms with Crippen LogP contribution in [0, 0.1) is 0 Å². The van der Waals surface area contributed by atoms with Crippen molar-refractivity contribution < 1.29 is 9.53 Å². The smallest absolute Gasteiger partial charge is 0.235 e. The van der Waals surface area contributed by atoms with Crippen LogP contribution >= 0.6 is 0 Å². The standard InChI is InChI=1S/C14H17N3O2/c1-16(2)12-4-3-5-13(10-12)19-9-6-14(18)17-8-7-15-11-17/h3-5,7-8,10-11H,6,9H2,1-2H3. The molecule has 1 aromatic heterocycles. The summed E-state index contributed by atoms with van der Waals surface area (Å²) >= 11 is 0. The quantitative estimate of drug-likeness (QED) is 0.824. The van der Waals surface area contributed by atoms with E-state index in [2.05, 4.69) is 4.98 Å². The lowest BCUT2D eigenvalue weighted by Crippen LogP contribution is -2.13. The lowest BCUT2D eigenvalue weighted by atomic mass is 10.3. The molecule has 0 radical (unpaired) electrons. The van der Waals surface area contributed by atoms with Crippen molar-refractivity contribution in [3.05, 3.63) is 43.0 Å². The summed E-state index contributed by atoms with van der Waals surface area (Å²) in [6, 6.07) is 7.77. The molecular weight excluding hydrogens is 242 g/mol. The monoisotopic (exact) mass is 259 g/mol. The van der Waals surface area contributed by atoms with Gasteiger partial charge in [-0.25, -0.2) is 4.98 Å². The number of rotatable bonds is 5. The summed E-state index contributed by atoms with van der Waals surface area (Å²) < 4.78 is 7.04. The molecule has 0 unspecified atom stereocenters. The molecule has 0 aliphatic carbocycles. The third-order valence-electron chi connectivity index (χ3n) is 2.71. The minimum Gasteiger partial charge on any atom is -0.493 e. The molecule has 0 atom stereocenters. The van der Waals surface area contributed by atoms with Gasteiger partial charge in [-0.3, -0.25) is 9.36 Å². The Morgan fingerprint density at radius 3 is 2.95 bits per heavy atom. The Morgan fingerprint density at radius 1 is 1.42 bits per heavy atom. The Labute approximate surface area is 112 Å². The van der Waals surface area contributed by atoms with E-state index in [-0.39, 0.29) is 5.91 Å². The molecular formula is C14H17N3O2. The average molecular weight is 259 g/mol. The van der Waals surface area contributed by atoms with Gasteiger partial charge in [0.25, 0.3) is 0 Å². The first kappa shape index (κ1) is 13.1.